The van der Waals surface area contributed by atoms with Crippen molar-refractivity contribution in [3.05, 3.63) is 79.8 Å². The number of nitrogens with one attached hydrogen (secondary N) is 2. The van der Waals surface area contributed by atoms with E-state index in [2.05, 4.69) is 28.5 Å². The van der Waals surface area contributed by atoms with E-state index < -0.39 is 0 Å². The maximum Gasteiger partial charge on any atom is 0.253 e. The van der Waals surface area contributed by atoms with Crippen molar-refractivity contribution in [2.24, 2.45) is 0 Å². The highest BCUT2D eigenvalue weighted by molar-refractivity contribution is 5.98. The lowest BCUT2D eigenvalue weighted by Crippen LogP contribution is -2.28. The number of H-pyrrole nitrogens is 1. The minimum absolute atomic E-state index is 0.159. The van der Waals surface area contributed by atoms with Crippen molar-refractivity contribution >= 4 is 17.1 Å². The van der Waals surface area contributed by atoms with Crippen molar-refractivity contribution < 1.29 is 14.3 Å². The van der Waals surface area contributed by atoms with E-state index in [1.807, 2.05) is 32.9 Å². The second-order valence-corrected chi connectivity index (χ2v) is 8.43. The van der Waals surface area contributed by atoms with Crippen LogP contribution in [0, 0.1) is 20.8 Å². The van der Waals surface area contributed by atoms with E-state index >= 15 is 0 Å². The molecule has 0 saturated carbocycles. The molecule has 2 aromatic rings. The Hall–Kier alpha value is -2.96. The Labute approximate surface area is 188 Å². The first kappa shape index (κ1) is 22.2. The van der Waals surface area contributed by atoms with Gasteiger partial charge in [-0.1, -0.05) is 12.2 Å². The average molecular weight is 435 g/mol. The molecule has 1 aromatic heterocycles. The van der Waals surface area contributed by atoms with E-state index in [1.165, 1.54) is 11.1 Å². The molecule has 0 unspecified atom stereocenters. The molecule has 168 valence electrons. The van der Waals surface area contributed by atoms with Gasteiger partial charge in [0.1, 0.15) is 0 Å². The summed E-state index contributed by atoms with van der Waals surface area (Å²) in [6, 6.07) is 6.08. The van der Waals surface area contributed by atoms with Crippen molar-refractivity contribution in [2.75, 3.05) is 26.4 Å². The van der Waals surface area contributed by atoms with Gasteiger partial charge in [0, 0.05) is 23.4 Å². The summed E-state index contributed by atoms with van der Waals surface area (Å²) in [5.74, 6) is -0.176. The SMILES string of the molecule is Cc1cc(C)c(CNC(=O)c2cc(C3=CCOCC3)cc(C3=CCOCC3)c2C)c(=O)[nH]1. The Morgan fingerprint density at radius 3 is 2.31 bits per heavy atom. The lowest BCUT2D eigenvalue weighted by molar-refractivity contribution is 0.0950. The Balaban J connectivity index is 1.69. The maximum absolute atomic E-state index is 13.3. The number of rotatable bonds is 5. The average Bonchev–Trinajstić information content (AvgIpc) is 2.79. The summed E-state index contributed by atoms with van der Waals surface area (Å²) >= 11 is 0. The Morgan fingerprint density at radius 2 is 1.69 bits per heavy atom. The number of hydrogen-bond donors (Lipinski definition) is 2. The van der Waals surface area contributed by atoms with Gasteiger partial charge >= 0.3 is 0 Å². The van der Waals surface area contributed by atoms with Crippen molar-refractivity contribution in [3.8, 4) is 0 Å². The molecule has 2 N–H and O–H groups in total. The smallest absolute Gasteiger partial charge is 0.253 e. The summed E-state index contributed by atoms with van der Waals surface area (Å²) in [6.07, 6.45) is 5.84. The van der Waals surface area contributed by atoms with Crippen LogP contribution in [0.3, 0.4) is 0 Å². The lowest BCUT2D eigenvalue weighted by atomic mass is 9.88. The quantitative estimate of drug-likeness (QED) is 0.749. The molecule has 0 spiro atoms. The molecule has 6 nitrogen and oxygen atoms in total. The molecule has 0 radical (unpaired) electrons. The predicted octanol–water partition coefficient (Wildman–Crippen LogP) is 3.84. The van der Waals surface area contributed by atoms with Gasteiger partial charge in [0.2, 0.25) is 0 Å². The fourth-order valence-electron chi connectivity index (χ4n) is 4.40. The molecule has 2 aliphatic rings. The standard InChI is InChI=1S/C26H30N2O4/c1-16-12-17(2)28-26(30)24(16)15-27-25(29)23-14-21(19-4-8-31-9-5-19)13-22(18(23)3)20-6-10-32-11-7-20/h4,6,12-14H,5,7-11,15H2,1-3H3,(H,27,29)(H,28,30). The summed E-state index contributed by atoms with van der Waals surface area (Å²) < 4.78 is 11.0. The molecule has 0 aliphatic carbocycles. The number of hydrogen-bond acceptors (Lipinski definition) is 4. The fourth-order valence-corrected chi connectivity index (χ4v) is 4.40. The molecule has 6 heteroatoms. The number of amides is 1. The minimum atomic E-state index is -0.176. The number of aromatic nitrogens is 1. The zero-order chi connectivity index (χ0) is 22.7. The van der Waals surface area contributed by atoms with Crippen LogP contribution in [0.2, 0.25) is 0 Å². The highest BCUT2D eigenvalue weighted by Crippen LogP contribution is 2.32. The van der Waals surface area contributed by atoms with E-state index in [9.17, 15) is 9.59 Å². The van der Waals surface area contributed by atoms with Crippen molar-refractivity contribution in [3.63, 3.8) is 0 Å². The fraction of sp³-hybridized carbons (Fsp3) is 0.385. The highest BCUT2D eigenvalue weighted by Gasteiger charge is 2.20. The summed E-state index contributed by atoms with van der Waals surface area (Å²) in [5, 5.41) is 2.97. The van der Waals surface area contributed by atoms with E-state index in [-0.39, 0.29) is 18.0 Å². The van der Waals surface area contributed by atoms with E-state index in [0.717, 1.165) is 40.8 Å². The summed E-state index contributed by atoms with van der Waals surface area (Å²) in [5.41, 5.74) is 8.24. The Morgan fingerprint density at radius 1 is 1.00 bits per heavy atom. The molecule has 32 heavy (non-hydrogen) atoms. The van der Waals surface area contributed by atoms with Crippen LogP contribution in [0.1, 0.15) is 56.7 Å². The monoisotopic (exact) mass is 434 g/mol. The molecule has 3 heterocycles. The van der Waals surface area contributed by atoms with Crippen LogP contribution < -0.4 is 10.9 Å². The van der Waals surface area contributed by atoms with Crippen LogP contribution in [0.25, 0.3) is 11.1 Å². The summed E-state index contributed by atoms with van der Waals surface area (Å²) in [4.78, 5) is 28.5. The van der Waals surface area contributed by atoms with Gasteiger partial charge in [-0.2, -0.15) is 0 Å². The van der Waals surface area contributed by atoms with Gasteiger partial charge < -0.3 is 19.8 Å². The molecule has 4 rings (SSSR count). The highest BCUT2D eigenvalue weighted by atomic mass is 16.5. The molecule has 1 amide bonds. The van der Waals surface area contributed by atoms with Crippen LogP contribution in [0.5, 0.6) is 0 Å². The molecule has 0 atom stereocenters. The van der Waals surface area contributed by atoms with Gasteiger partial charge in [-0.25, -0.2) is 0 Å². The van der Waals surface area contributed by atoms with Gasteiger partial charge in [0.25, 0.3) is 11.5 Å². The summed E-state index contributed by atoms with van der Waals surface area (Å²) in [6.45, 7) is 8.47. The van der Waals surface area contributed by atoms with E-state index in [1.54, 1.807) is 0 Å². The van der Waals surface area contributed by atoms with Crippen molar-refractivity contribution in [1.82, 2.24) is 10.3 Å². The largest absolute Gasteiger partial charge is 0.377 e. The van der Waals surface area contributed by atoms with Crippen molar-refractivity contribution in [1.29, 1.82) is 0 Å². The van der Waals surface area contributed by atoms with Crippen LogP contribution >= 0.6 is 0 Å². The molecule has 2 aliphatic heterocycles. The molecule has 1 aromatic carbocycles. The Kier molecular flexibility index (Phi) is 6.72. The third kappa shape index (κ3) is 4.76. The number of aromatic amines is 1. The van der Waals surface area contributed by atoms with Gasteiger partial charge in [-0.15, -0.1) is 0 Å². The zero-order valence-corrected chi connectivity index (χ0v) is 19.0. The van der Waals surface area contributed by atoms with Crippen LogP contribution in [-0.2, 0) is 16.0 Å². The first-order valence-corrected chi connectivity index (χ1v) is 11.1. The molecule has 0 bridgehead atoms. The normalized spacial score (nSPS) is 16.3. The van der Waals surface area contributed by atoms with E-state index in [4.69, 9.17) is 9.47 Å². The molecular formula is C26H30N2O4. The third-order valence-electron chi connectivity index (χ3n) is 6.22. The number of ether oxygens (including phenoxy) is 2. The minimum Gasteiger partial charge on any atom is -0.377 e. The number of carbonyl (C=O) groups excluding carboxylic acids is 1. The number of aryl methyl sites for hydroxylation is 2. The molecule has 0 fully saturated rings. The van der Waals surface area contributed by atoms with Crippen LogP contribution in [-0.4, -0.2) is 37.3 Å². The lowest BCUT2D eigenvalue weighted by Gasteiger charge is -2.21. The maximum atomic E-state index is 13.3. The third-order valence-corrected chi connectivity index (χ3v) is 6.22. The predicted molar refractivity (Wildman–Crippen MR) is 126 cm³/mol. The second-order valence-electron chi connectivity index (χ2n) is 8.43. The van der Waals surface area contributed by atoms with Crippen molar-refractivity contribution in [2.45, 2.75) is 40.2 Å². The first-order chi connectivity index (χ1) is 15.4. The van der Waals surface area contributed by atoms with Gasteiger partial charge in [0.05, 0.1) is 26.4 Å². The van der Waals surface area contributed by atoms with E-state index in [0.29, 0.717) is 37.6 Å². The van der Waals surface area contributed by atoms with Gasteiger partial charge in [0.15, 0.2) is 0 Å². The van der Waals surface area contributed by atoms with Gasteiger partial charge in [-0.05, 0) is 85.2 Å². The molecular weight excluding hydrogens is 404 g/mol. The van der Waals surface area contributed by atoms with Crippen LogP contribution in [0.15, 0.2) is 35.1 Å². The second kappa shape index (κ2) is 9.67. The Bertz CT molecular complexity index is 1160. The number of pyridine rings is 1. The number of carbonyl (C=O) groups is 1. The zero-order valence-electron chi connectivity index (χ0n) is 19.0. The number of benzene rings is 1. The van der Waals surface area contributed by atoms with Gasteiger partial charge in [-0.3, -0.25) is 9.59 Å². The molecule has 0 saturated heterocycles. The van der Waals surface area contributed by atoms with Crippen LogP contribution in [0.4, 0.5) is 0 Å². The summed E-state index contributed by atoms with van der Waals surface area (Å²) in [7, 11) is 0. The topological polar surface area (TPSA) is 80.4 Å². The first-order valence-electron chi connectivity index (χ1n) is 11.1.